The van der Waals surface area contributed by atoms with Gasteiger partial charge in [0.1, 0.15) is 5.75 Å². The summed E-state index contributed by atoms with van der Waals surface area (Å²) in [5, 5.41) is 19.4. The first kappa shape index (κ1) is 18.2. The van der Waals surface area contributed by atoms with Crippen LogP contribution < -0.4 is 19.8 Å². The minimum Gasteiger partial charge on any atom is -0.506 e. The molecule has 1 aromatic carbocycles. The number of aromatic nitrogens is 1. The van der Waals surface area contributed by atoms with E-state index in [4.69, 9.17) is 19.3 Å². The van der Waals surface area contributed by atoms with Gasteiger partial charge in [0.15, 0.2) is 17.1 Å². The molecule has 0 amide bonds. The first-order valence-corrected chi connectivity index (χ1v) is 7.41. The summed E-state index contributed by atoms with van der Waals surface area (Å²) in [6.45, 7) is 1.73. The maximum atomic E-state index is 12.1. The van der Waals surface area contributed by atoms with E-state index >= 15 is 0 Å². The molecule has 0 aliphatic heterocycles. The molecule has 2 aromatic rings. The number of hydrogen-bond acceptors (Lipinski definition) is 6. The Morgan fingerprint density at radius 2 is 1.76 bits per heavy atom. The van der Waals surface area contributed by atoms with Crippen molar-refractivity contribution in [2.45, 2.75) is 13.3 Å². The fourth-order valence-electron chi connectivity index (χ4n) is 2.70. The van der Waals surface area contributed by atoms with Crippen LogP contribution in [-0.4, -0.2) is 42.5 Å². The minimum absolute atomic E-state index is 0.257. The zero-order valence-electron chi connectivity index (χ0n) is 14.3. The van der Waals surface area contributed by atoms with Gasteiger partial charge in [0.25, 0.3) is 5.56 Å². The van der Waals surface area contributed by atoms with E-state index in [1.807, 2.05) is 0 Å². The average Bonchev–Trinajstić information content (AvgIpc) is 2.59. The highest BCUT2D eigenvalue weighted by molar-refractivity contribution is 5.92. The van der Waals surface area contributed by atoms with Crippen molar-refractivity contribution in [2.24, 2.45) is 0 Å². The molecule has 0 spiro atoms. The lowest BCUT2D eigenvalue weighted by Crippen LogP contribution is -2.20. The Labute approximate surface area is 143 Å². The summed E-state index contributed by atoms with van der Waals surface area (Å²) in [6, 6.07) is 3.25. The van der Waals surface area contributed by atoms with Crippen LogP contribution in [0, 0.1) is 0 Å². The molecular weight excluding hydrogens is 330 g/mol. The summed E-state index contributed by atoms with van der Waals surface area (Å²) in [5.74, 6) is -1.04. The molecule has 0 bridgehead atoms. The minimum atomic E-state index is -1.50. The lowest BCUT2D eigenvalue weighted by molar-refractivity contribution is 0.0691. The molecule has 1 heterocycles. The van der Waals surface area contributed by atoms with E-state index < -0.39 is 22.8 Å². The summed E-state index contributed by atoms with van der Waals surface area (Å²) in [7, 11) is 4.35. The Morgan fingerprint density at radius 3 is 2.24 bits per heavy atom. The number of aromatic hydroxyl groups is 1. The van der Waals surface area contributed by atoms with Crippen LogP contribution in [0.1, 0.15) is 22.8 Å². The summed E-state index contributed by atoms with van der Waals surface area (Å²) in [5.41, 5.74) is -0.634. The number of aromatic carboxylic acids is 1. The van der Waals surface area contributed by atoms with Crippen LogP contribution >= 0.6 is 0 Å². The first-order valence-electron chi connectivity index (χ1n) is 7.41. The third-order valence-corrected chi connectivity index (χ3v) is 3.83. The van der Waals surface area contributed by atoms with Crippen LogP contribution in [0.2, 0.25) is 0 Å². The van der Waals surface area contributed by atoms with E-state index in [1.165, 1.54) is 21.3 Å². The molecule has 0 unspecified atom stereocenters. The maximum absolute atomic E-state index is 12.1. The van der Waals surface area contributed by atoms with E-state index in [9.17, 15) is 14.7 Å². The second-order valence-electron chi connectivity index (χ2n) is 5.07. The quantitative estimate of drug-likeness (QED) is 0.730. The Balaban J connectivity index is 2.88. The number of ether oxygens (including phenoxy) is 3. The number of hydrogen-bond donors (Lipinski definition) is 3. The molecule has 0 aliphatic rings. The number of nitrogens with one attached hydrogen (secondary N) is 1. The second kappa shape index (κ2) is 7.16. The van der Waals surface area contributed by atoms with Crippen LogP contribution in [0.15, 0.2) is 16.9 Å². The molecule has 1 aromatic heterocycles. The van der Waals surface area contributed by atoms with Gasteiger partial charge in [-0.2, -0.15) is 0 Å². The fourth-order valence-corrected chi connectivity index (χ4v) is 2.70. The first-order chi connectivity index (χ1) is 11.9. The van der Waals surface area contributed by atoms with Crippen molar-refractivity contribution in [2.75, 3.05) is 21.3 Å². The lowest BCUT2D eigenvalue weighted by Gasteiger charge is -2.18. The van der Waals surface area contributed by atoms with Crippen LogP contribution in [0.4, 0.5) is 0 Å². The van der Waals surface area contributed by atoms with Crippen LogP contribution in [0.3, 0.4) is 0 Å². The number of rotatable bonds is 6. The number of carboxylic acids is 1. The smallest absolute Gasteiger partial charge is 0.345 e. The highest BCUT2D eigenvalue weighted by atomic mass is 16.5. The molecular formula is C17H19NO7. The second-order valence-corrected chi connectivity index (χ2v) is 5.07. The maximum Gasteiger partial charge on any atom is 0.345 e. The lowest BCUT2D eigenvalue weighted by atomic mass is 9.99. The number of methoxy groups -OCH3 is 3. The van der Waals surface area contributed by atoms with Crippen molar-refractivity contribution in [1.82, 2.24) is 4.98 Å². The summed E-state index contributed by atoms with van der Waals surface area (Å²) < 4.78 is 15.9. The number of benzene rings is 1. The van der Waals surface area contributed by atoms with Gasteiger partial charge in [-0.05, 0) is 18.6 Å². The van der Waals surface area contributed by atoms with Gasteiger partial charge >= 0.3 is 5.97 Å². The van der Waals surface area contributed by atoms with Crippen LogP contribution in [0.5, 0.6) is 23.0 Å². The normalized spacial score (nSPS) is 10.4. The summed E-state index contributed by atoms with van der Waals surface area (Å²) in [6.07, 6.45) is 0.287. The largest absolute Gasteiger partial charge is 0.506 e. The fraction of sp³-hybridized carbons (Fsp3) is 0.294. The van der Waals surface area contributed by atoms with Crippen molar-refractivity contribution < 1.29 is 29.2 Å². The number of carboxylic acid groups (broad SMARTS) is 1. The molecule has 25 heavy (non-hydrogen) atoms. The predicted molar refractivity (Wildman–Crippen MR) is 90.2 cm³/mol. The van der Waals surface area contributed by atoms with Crippen molar-refractivity contribution in [3.63, 3.8) is 0 Å². The molecule has 134 valence electrons. The SMILES string of the molecule is CCc1c(-c2ccc(OC)c(OC)c2OC)[nH]c(=O)c(C(=O)O)c1O. The Kier molecular flexibility index (Phi) is 5.21. The highest BCUT2D eigenvalue weighted by Gasteiger charge is 2.25. The van der Waals surface area contributed by atoms with E-state index in [0.717, 1.165) is 0 Å². The Morgan fingerprint density at radius 1 is 1.12 bits per heavy atom. The van der Waals surface area contributed by atoms with Crippen LogP contribution in [0.25, 0.3) is 11.3 Å². The molecule has 0 fully saturated rings. The number of carbonyl (C=O) groups is 1. The van der Waals surface area contributed by atoms with Gasteiger partial charge in [0.05, 0.1) is 27.0 Å². The van der Waals surface area contributed by atoms with Crippen LogP contribution in [-0.2, 0) is 6.42 Å². The molecule has 0 atom stereocenters. The molecule has 0 radical (unpaired) electrons. The van der Waals surface area contributed by atoms with Gasteiger partial charge in [-0.3, -0.25) is 4.79 Å². The summed E-state index contributed by atoms with van der Waals surface area (Å²) >= 11 is 0. The predicted octanol–water partition coefficient (Wildman–Crippen LogP) is 2.03. The zero-order valence-corrected chi connectivity index (χ0v) is 14.3. The monoisotopic (exact) mass is 349 g/mol. The third-order valence-electron chi connectivity index (χ3n) is 3.83. The van der Waals surface area contributed by atoms with Crippen molar-refractivity contribution in [1.29, 1.82) is 0 Å². The number of H-pyrrole nitrogens is 1. The average molecular weight is 349 g/mol. The topological polar surface area (TPSA) is 118 Å². The third kappa shape index (κ3) is 2.98. The van der Waals surface area contributed by atoms with Crippen molar-refractivity contribution >= 4 is 5.97 Å². The molecule has 2 rings (SSSR count). The van der Waals surface area contributed by atoms with E-state index in [-0.39, 0.29) is 23.4 Å². The van der Waals surface area contributed by atoms with Gasteiger partial charge in [0, 0.05) is 11.1 Å². The van der Waals surface area contributed by atoms with Gasteiger partial charge in [0.2, 0.25) is 5.75 Å². The molecule has 0 saturated heterocycles. The molecule has 3 N–H and O–H groups in total. The van der Waals surface area contributed by atoms with E-state index in [2.05, 4.69) is 4.98 Å². The van der Waals surface area contributed by atoms with Gasteiger partial charge in [-0.25, -0.2) is 4.79 Å². The number of aromatic amines is 1. The van der Waals surface area contributed by atoms with Crippen molar-refractivity contribution in [3.05, 3.63) is 33.6 Å². The molecule has 0 aliphatic carbocycles. The zero-order chi connectivity index (χ0) is 18.7. The van der Waals surface area contributed by atoms with Crippen molar-refractivity contribution in [3.8, 4) is 34.3 Å². The van der Waals surface area contributed by atoms with Gasteiger partial charge in [-0.15, -0.1) is 0 Å². The molecule has 0 saturated carbocycles. The van der Waals surface area contributed by atoms with E-state index in [1.54, 1.807) is 19.1 Å². The highest BCUT2D eigenvalue weighted by Crippen LogP contribution is 2.45. The Hall–Kier alpha value is -3.16. The van der Waals surface area contributed by atoms with E-state index in [0.29, 0.717) is 17.1 Å². The van der Waals surface area contributed by atoms with Gasteiger partial charge < -0.3 is 29.4 Å². The standard InChI is InChI=1S/C17H19NO7/c1-5-8-12(18-16(20)11(13(8)19)17(21)22)9-6-7-10(23-2)15(25-4)14(9)24-3/h6-7H,5H2,1-4H3,(H,21,22)(H2,18,19,20). The molecule has 8 heteroatoms. The van der Waals surface area contributed by atoms with Gasteiger partial charge in [-0.1, -0.05) is 6.92 Å². The Bertz CT molecular complexity index is 870. The number of pyridine rings is 1. The summed E-state index contributed by atoms with van der Waals surface area (Å²) in [4.78, 5) is 25.9. The molecule has 8 nitrogen and oxygen atoms in total.